The fraction of sp³-hybridized carbons (Fsp3) is 0.545. The summed E-state index contributed by atoms with van der Waals surface area (Å²) in [5, 5.41) is 3.43. The van der Waals surface area contributed by atoms with Gasteiger partial charge in [0, 0.05) is 13.2 Å². The van der Waals surface area contributed by atoms with Gasteiger partial charge in [-0.05, 0) is 31.4 Å². The van der Waals surface area contributed by atoms with E-state index < -0.39 is 0 Å². The van der Waals surface area contributed by atoms with Gasteiger partial charge in [0.2, 0.25) is 0 Å². The number of methoxy groups -OCH3 is 1. The molecule has 0 aliphatic heterocycles. The largest absolute Gasteiger partial charge is 0.384 e. The molecule has 0 bridgehead atoms. The van der Waals surface area contributed by atoms with Crippen LogP contribution < -0.4 is 11.1 Å². The number of nitrogen functional groups attached to an aromatic ring is 1. The van der Waals surface area contributed by atoms with Gasteiger partial charge in [-0.2, -0.15) is 0 Å². The average Bonchev–Trinajstić information content (AvgIpc) is 2.69. The van der Waals surface area contributed by atoms with Crippen LogP contribution in [0.5, 0.6) is 0 Å². The van der Waals surface area contributed by atoms with Crippen molar-refractivity contribution in [3.63, 3.8) is 0 Å². The SMILES string of the molecule is COC1CCC(Nc2ccc(N)nc2)C1. The summed E-state index contributed by atoms with van der Waals surface area (Å²) in [7, 11) is 1.78. The Morgan fingerprint density at radius 3 is 2.93 bits per heavy atom. The van der Waals surface area contributed by atoms with Gasteiger partial charge < -0.3 is 15.8 Å². The number of hydrogen-bond acceptors (Lipinski definition) is 4. The molecule has 0 spiro atoms. The molecule has 1 aliphatic carbocycles. The van der Waals surface area contributed by atoms with Crippen molar-refractivity contribution in [2.24, 2.45) is 0 Å². The van der Waals surface area contributed by atoms with Gasteiger partial charge in [-0.3, -0.25) is 0 Å². The second-order valence-electron chi connectivity index (χ2n) is 3.98. The van der Waals surface area contributed by atoms with E-state index in [1.54, 1.807) is 13.3 Å². The number of nitrogens with two attached hydrogens (primary N) is 1. The predicted molar refractivity (Wildman–Crippen MR) is 60.7 cm³/mol. The Morgan fingerprint density at radius 2 is 2.33 bits per heavy atom. The molecule has 4 heteroatoms. The van der Waals surface area contributed by atoms with Crippen molar-refractivity contribution in [2.75, 3.05) is 18.2 Å². The molecule has 1 aromatic rings. The summed E-state index contributed by atoms with van der Waals surface area (Å²) in [6.45, 7) is 0. The molecule has 1 saturated carbocycles. The Labute approximate surface area is 89.8 Å². The minimum atomic E-state index is 0.407. The van der Waals surface area contributed by atoms with Gasteiger partial charge in [-0.1, -0.05) is 0 Å². The van der Waals surface area contributed by atoms with E-state index in [0.29, 0.717) is 18.0 Å². The molecule has 0 amide bonds. The van der Waals surface area contributed by atoms with Gasteiger partial charge in [0.05, 0.1) is 18.0 Å². The number of ether oxygens (including phenoxy) is 1. The molecule has 2 rings (SSSR count). The van der Waals surface area contributed by atoms with Gasteiger partial charge in [-0.15, -0.1) is 0 Å². The van der Waals surface area contributed by atoms with E-state index in [9.17, 15) is 0 Å². The Morgan fingerprint density at radius 1 is 1.47 bits per heavy atom. The second-order valence-corrected chi connectivity index (χ2v) is 3.98. The highest BCUT2D eigenvalue weighted by Gasteiger charge is 2.23. The minimum Gasteiger partial charge on any atom is -0.384 e. The molecule has 1 heterocycles. The third kappa shape index (κ3) is 2.59. The summed E-state index contributed by atoms with van der Waals surface area (Å²) in [6, 6.07) is 4.27. The van der Waals surface area contributed by atoms with Crippen LogP contribution in [-0.2, 0) is 4.74 Å². The summed E-state index contributed by atoms with van der Waals surface area (Å²) >= 11 is 0. The molecular weight excluding hydrogens is 190 g/mol. The van der Waals surface area contributed by atoms with Gasteiger partial charge in [0.15, 0.2) is 0 Å². The summed E-state index contributed by atoms with van der Waals surface area (Å²) in [5.41, 5.74) is 6.55. The van der Waals surface area contributed by atoms with Crippen LogP contribution in [-0.4, -0.2) is 24.2 Å². The summed E-state index contributed by atoms with van der Waals surface area (Å²) < 4.78 is 5.32. The van der Waals surface area contributed by atoms with E-state index in [4.69, 9.17) is 10.5 Å². The van der Waals surface area contributed by atoms with Crippen LogP contribution in [0.15, 0.2) is 18.3 Å². The standard InChI is InChI=1S/C11H17N3O/c1-15-10-4-2-8(6-10)14-9-3-5-11(12)13-7-9/h3,5,7-8,10,14H,2,4,6H2,1H3,(H2,12,13). The number of hydrogen-bond donors (Lipinski definition) is 2. The monoisotopic (exact) mass is 207 g/mol. The first-order valence-electron chi connectivity index (χ1n) is 5.29. The molecule has 2 unspecified atom stereocenters. The van der Waals surface area contributed by atoms with E-state index >= 15 is 0 Å². The lowest BCUT2D eigenvalue weighted by atomic mass is 10.2. The van der Waals surface area contributed by atoms with Gasteiger partial charge in [0.25, 0.3) is 0 Å². The average molecular weight is 207 g/mol. The van der Waals surface area contributed by atoms with Crippen LogP contribution in [0, 0.1) is 0 Å². The highest BCUT2D eigenvalue weighted by molar-refractivity contribution is 5.46. The van der Waals surface area contributed by atoms with E-state index in [2.05, 4.69) is 10.3 Å². The fourth-order valence-electron chi connectivity index (χ4n) is 2.01. The third-order valence-corrected chi connectivity index (χ3v) is 2.87. The number of anilines is 2. The molecule has 1 fully saturated rings. The quantitative estimate of drug-likeness (QED) is 0.791. The lowest BCUT2D eigenvalue weighted by molar-refractivity contribution is 0.108. The maximum Gasteiger partial charge on any atom is 0.123 e. The molecule has 2 atom stereocenters. The van der Waals surface area contributed by atoms with E-state index in [1.165, 1.54) is 0 Å². The van der Waals surface area contributed by atoms with Crippen molar-refractivity contribution >= 4 is 11.5 Å². The Hall–Kier alpha value is -1.29. The normalized spacial score (nSPS) is 25.4. The topological polar surface area (TPSA) is 60.2 Å². The van der Waals surface area contributed by atoms with Gasteiger partial charge in [-0.25, -0.2) is 4.98 Å². The number of nitrogens with zero attached hydrogens (tertiary/aromatic N) is 1. The number of rotatable bonds is 3. The first kappa shape index (κ1) is 10.2. The van der Waals surface area contributed by atoms with Crippen LogP contribution in [0.3, 0.4) is 0 Å². The molecule has 4 nitrogen and oxygen atoms in total. The van der Waals surface area contributed by atoms with Crippen molar-refractivity contribution in [1.82, 2.24) is 4.98 Å². The van der Waals surface area contributed by atoms with Crippen molar-refractivity contribution in [3.8, 4) is 0 Å². The number of aromatic nitrogens is 1. The fourth-order valence-corrected chi connectivity index (χ4v) is 2.01. The predicted octanol–water partition coefficient (Wildman–Crippen LogP) is 1.64. The third-order valence-electron chi connectivity index (χ3n) is 2.87. The molecule has 1 aliphatic rings. The summed E-state index contributed by atoms with van der Waals surface area (Å²) in [5.74, 6) is 0.557. The molecule has 15 heavy (non-hydrogen) atoms. The highest BCUT2D eigenvalue weighted by atomic mass is 16.5. The van der Waals surface area contributed by atoms with Crippen LogP contribution in [0.4, 0.5) is 11.5 Å². The maximum absolute atomic E-state index is 5.52. The zero-order chi connectivity index (χ0) is 10.7. The summed E-state index contributed by atoms with van der Waals surface area (Å²) in [6.07, 6.45) is 5.54. The van der Waals surface area contributed by atoms with E-state index in [1.807, 2.05) is 12.1 Å². The molecule has 1 aromatic heterocycles. The van der Waals surface area contributed by atoms with Crippen LogP contribution >= 0.6 is 0 Å². The number of pyridine rings is 1. The second kappa shape index (κ2) is 4.49. The van der Waals surface area contributed by atoms with Gasteiger partial charge >= 0.3 is 0 Å². The lowest BCUT2D eigenvalue weighted by Gasteiger charge is -2.13. The smallest absolute Gasteiger partial charge is 0.123 e. The first-order chi connectivity index (χ1) is 7.28. The maximum atomic E-state index is 5.52. The highest BCUT2D eigenvalue weighted by Crippen LogP contribution is 2.24. The minimum absolute atomic E-state index is 0.407. The summed E-state index contributed by atoms with van der Waals surface area (Å²) in [4.78, 5) is 4.04. The van der Waals surface area contributed by atoms with Crippen LogP contribution in [0.2, 0.25) is 0 Å². The molecule has 82 valence electrons. The van der Waals surface area contributed by atoms with Crippen molar-refractivity contribution < 1.29 is 4.74 Å². The van der Waals surface area contributed by atoms with Crippen molar-refractivity contribution in [2.45, 2.75) is 31.4 Å². The van der Waals surface area contributed by atoms with E-state index in [0.717, 1.165) is 24.9 Å². The van der Waals surface area contributed by atoms with Crippen LogP contribution in [0.1, 0.15) is 19.3 Å². The number of nitrogens with one attached hydrogen (secondary N) is 1. The molecule has 3 N–H and O–H groups in total. The molecule has 0 radical (unpaired) electrons. The Kier molecular flexibility index (Phi) is 3.06. The van der Waals surface area contributed by atoms with Crippen molar-refractivity contribution in [3.05, 3.63) is 18.3 Å². The Balaban J connectivity index is 1.90. The zero-order valence-electron chi connectivity index (χ0n) is 8.94. The lowest BCUT2D eigenvalue weighted by Crippen LogP contribution is -2.17. The molecular formula is C11H17N3O. The zero-order valence-corrected chi connectivity index (χ0v) is 8.94. The van der Waals surface area contributed by atoms with Crippen LogP contribution in [0.25, 0.3) is 0 Å². The van der Waals surface area contributed by atoms with Crippen molar-refractivity contribution in [1.29, 1.82) is 0 Å². The Bertz CT molecular complexity index is 312. The molecule has 0 aromatic carbocycles. The first-order valence-corrected chi connectivity index (χ1v) is 5.29. The molecule has 0 saturated heterocycles. The van der Waals surface area contributed by atoms with E-state index in [-0.39, 0.29) is 0 Å². The van der Waals surface area contributed by atoms with Gasteiger partial charge in [0.1, 0.15) is 5.82 Å².